The molecule has 5 heteroatoms. The van der Waals surface area contributed by atoms with Crippen LogP contribution in [0.4, 0.5) is 0 Å². The van der Waals surface area contributed by atoms with Gasteiger partial charge in [-0.15, -0.1) is 0 Å². The molecule has 0 radical (unpaired) electrons. The molecule has 0 saturated carbocycles. The van der Waals surface area contributed by atoms with Crippen molar-refractivity contribution in [2.75, 3.05) is 33.8 Å². The highest BCUT2D eigenvalue weighted by Gasteiger charge is 2.02. The molecule has 1 amide bonds. The van der Waals surface area contributed by atoms with E-state index in [0.29, 0.717) is 18.8 Å². The van der Waals surface area contributed by atoms with Crippen molar-refractivity contribution in [2.45, 2.75) is 19.4 Å². The normalized spacial score (nSPS) is 10.6. The number of hydrogen-bond donors (Lipinski definition) is 2. The lowest BCUT2D eigenvalue weighted by Gasteiger charge is -2.10. The fraction of sp³-hybridized carbons (Fsp3) is 0.533. The molecule has 0 fully saturated rings. The first kappa shape index (κ1) is 16.5. The Bertz CT molecular complexity index is 391. The van der Waals surface area contributed by atoms with Gasteiger partial charge in [0.05, 0.1) is 0 Å². The van der Waals surface area contributed by atoms with Crippen LogP contribution in [0.3, 0.4) is 0 Å². The van der Waals surface area contributed by atoms with Crippen LogP contribution in [-0.4, -0.2) is 44.6 Å². The molecule has 0 aliphatic carbocycles. The number of nitrogens with zero attached hydrogens (tertiary/aromatic N) is 1. The molecule has 0 aromatic heterocycles. The second-order valence-electron chi connectivity index (χ2n) is 5.00. The summed E-state index contributed by atoms with van der Waals surface area (Å²) in [5.74, 6) is 0.600. The van der Waals surface area contributed by atoms with E-state index in [-0.39, 0.29) is 12.5 Å². The smallest absolute Gasteiger partial charge is 0.257 e. The Morgan fingerprint density at radius 3 is 2.55 bits per heavy atom. The predicted molar refractivity (Wildman–Crippen MR) is 80.6 cm³/mol. The number of nitrogens with two attached hydrogens (primary N) is 1. The maximum absolute atomic E-state index is 11.6. The molecule has 0 atom stereocenters. The van der Waals surface area contributed by atoms with E-state index in [1.54, 1.807) is 0 Å². The zero-order valence-corrected chi connectivity index (χ0v) is 12.4. The van der Waals surface area contributed by atoms with Crippen LogP contribution in [0, 0.1) is 0 Å². The number of amides is 1. The number of unbranched alkanes of at least 4 members (excludes halogenated alkanes) is 1. The van der Waals surface area contributed by atoms with Crippen LogP contribution in [0.2, 0.25) is 0 Å². The number of hydrogen-bond acceptors (Lipinski definition) is 4. The van der Waals surface area contributed by atoms with E-state index in [1.807, 2.05) is 38.4 Å². The SMILES string of the molecule is CN(C)CCCCNC(=O)COc1ccc(CN)cc1. The van der Waals surface area contributed by atoms with Gasteiger partial charge in [-0.25, -0.2) is 0 Å². The Kier molecular flexibility index (Phi) is 7.69. The van der Waals surface area contributed by atoms with Gasteiger partial charge in [-0.2, -0.15) is 0 Å². The zero-order valence-electron chi connectivity index (χ0n) is 12.4. The standard InChI is InChI=1S/C15H25N3O2/c1-18(2)10-4-3-9-17-15(19)12-20-14-7-5-13(11-16)6-8-14/h5-8H,3-4,9-12,16H2,1-2H3,(H,17,19). The molecule has 112 valence electrons. The number of carbonyl (C=O) groups excluding carboxylic acids is 1. The first-order valence-electron chi connectivity index (χ1n) is 6.95. The second-order valence-corrected chi connectivity index (χ2v) is 5.00. The second kappa shape index (κ2) is 9.34. The van der Waals surface area contributed by atoms with Crippen molar-refractivity contribution in [3.63, 3.8) is 0 Å². The molecule has 1 aromatic carbocycles. The molecule has 0 aliphatic rings. The summed E-state index contributed by atoms with van der Waals surface area (Å²) in [7, 11) is 4.09. The highest BCUT2D eigenvalue weighted by Crippen LogP contribution is 2.11. The lowest BCUT2D eigenvalue weighted by atomic mass is 10.2. The summed E-state index contributed by atoms with van der Waals surface area (Å²) in [4.78, 5) is 13.7. The zero-order chi connectivity index (χ0) is 14.8. The molecule has 1 rings (SSSR count). The number of benzene rings is 1. The minimum absolute atomic E-state index is 0.0512. The highest BCUT2D eigenvalue weighted by atomic mass is 16.5. The summed E-state index contributed by atoms with van der Waals surface area (Å²) in [6.45, 7) is 2.30. The summed E-state index contributed by atoms with van der Waals surface area (Å²) < 4.78 is 5.40. The first-order valence-corrected chi connectivity index (χ1v) is 6.95. The van der Waals surface area contributed by atoms with Crippen LogP contribution in [0.5, 0.6) is 5.75 Å². The Balaban J connectivity index is 2.13. The van der Waals surface area contributed by atoms with Gasteiger partial charge in [0.2, 0.25) is 0 Å². The van der Waals surface area contributed by atoms with Crippen LogP contribution in [-0.2, 0) is 11.3 Å². The molecule has 5 nitrogen and oxygen atoms in total. The van der Waals surface area contributed by atoms with E-state index in [9.17, 15) is 4.79 Å². The lowest BCUT2D eigenvalue weighted by Crippen LogP contribution is -2.30. The Morgan fingerprint density at radius 1 is 1.25 bits per heavy atom. The third kappa shape index (κ3) is 7.11. The van der Waals surface area contributed by atoms with Gasteiger partial charge in [0.1, 0.15) is 5.75 Å². The van der Waals surface area contributed by atoms with Crippen molar-refractivity contribution in [1.82, 2.24) is 10.2 Å². The third-order valence-electron chi connectivity index (χ3n) is 2.88. The molecule has 0 aliphatic heterocycles. The largest absolute Gasteiger partial charge is 0.484 e. The van der Waals surface area contributed by atoms with E-state index in [1.165, 1.54) is 0 Å². The minimum Gasteiger partial charge on any atom is -0.484 e. The number of nitrogens with one attached hydrogen (secondary N) is 1. The van der Waals surface area contributed by atoms with E-state index in [2.05, 4.69) is 10.2 Å². The van der Waals surface area contributed by atoms with E-state index in [0.717, 1.165) is 24.9 Å². The average molecular weight is 279 g/mol. The van der Waals surface area contributed by atoms with Crippen LogP contribution in [0.25, 0.3) is 0 Å². The summed E-state index contributed by atoms with van der Waals surface area (Å²) in [5.41, 5.74) is 6.56. The molecule has 20 heavy (non-hydrogen) atoms. The summed E-state index contributed by atoms with van der Waals surface area (Å²) >= 11 is 0. The lowest BCUT2D eigenvalue weighted by molar-refractivity contribution is -0.123. The van der Waals surface area contributed by atoms with Gasteiger partial charge in [-0.3, -0.25) is 4.79 Å². The van der Waals surface area contributed by atoms with Gasteiger partial charge in [-0.1, -0.05) is 12.1 Å². The van der Waals surface area contributed by atoms with Gasteiger partial charge in [0, 0.05) is 13.1 Å². The molecule has 1 aromatic rings. The monoisotopic (exact) mass is 279 g/mol. The molecular weight excluding hydrogens is 254 g/mol. The number of rotatable bonds is 9. The van der Waals surface area contributed by atoms with Gasteiger partial charge >= 0.3 is 0 Å². The van der Waals surface area contributed by atoms with Crippen LogP contribution in [0.15, 0.2) is 24.3 Å². The predicted octanol–water partition coefficient (Wildman–Crippen LogP) is 0.982. The summed E-state index contributed by atoms with van der Waals surface area (Å²) in [5, 5.41) is 2.85. The molecule has 0 unspecified atom stereocenters. The van der Waals surface area contributed by atoms with Crippen molar-refractivity contribution < 1.29 is 9.53 Å². The Labute approximate surface area is 121 Å². The van der Waals surface area contributed by atoms with Crippen LogP contribution in [0.1, 0.15) is 18.4 Å². The molecule has 0 heterocycles. The molecule has 0 spiro atoms. The molecule has 0 bridgehead atoms. The van der Waals surface area contributed by atoms with Crippen LogP contribution < -0.4 is 15.8 Å². The van der Waals surface area contributed by atoms with Gasteiger partial charge in [-0.05, 0) is 51.2 Å². The van der Waals surface area contributed by atoms with Gasteiger partial charge < -0.3 is 20.7 Å². The highest BCUT2D eigenvalue weighted by molar-refractivity contribution is 5.77. The Hall–Kier alpha value is -1.59. The fourth-order valence-corrected chi connectivity index (χ4v) is 1.70. The Morgan fingerprint density at radius 2 is 1.95 bits per heavy atom. The maximum atomic E-state index is 11.6. The fourth-order valence-electron chi connectivity index (χ4n) is 1.70. The van der Waals surface area contributed by atoms with Crippen molar-refractivity contribution >= 4 is 5.91 Å². The third-order valence-corrected chi connectivity index (χ3v) is 2.88. The van der Waals surface area contributed by atoms with Crippen molar-refractivity contribution in [3.05, 3.63) is 29.8 Å². The number of ether oxygens (including phenoxy) is 1. The number of carbonyl (C=O) groups is 1. The van der Waals surface area contributed by atoms with Crippen molar-refractivity contribution in [1.29, 1.82) is 0 Å². The topological polar surface area (TPSA) is 67.6 Å². The average Bonchev–Trinajstić information content (AvgIpc) is 2.45. The minimum atomic E-state index is -0.0854. The van der Waals surface area contributed by atoms with Gasteiger partial charge in [0.25, 0.3) is 5.91 Å². The van der Waals surface area contributed by atoms with E-state index >= 15 is 0 Å². The summed E-state index contributed by atoms with van der Waals surface area (Å²) in [6, 6.07) is 7.45. The molecule has 0 saturated heterocycles. The van der Waals surface area contributed by atoms with E-state index < -0.39 is 0 Å². The van der Waals surface area contributed by atoms with Crippen molar-refractivity contribution in [3.8, 4) is 5.75 Å². The molecule has 3 N–H and O–H groups in total. The quantitative estimate of drug-likeness (QED) is 0.661. The summed E-state index contributed by atoms with van der Waals surface area (Å²) in [6.07, 6.45) is 2.06. The van der Waals surface area contributed by atoms with Crippen molar-refractivity contribution in [2.24, 2.45) is 5.73 Å². The van der Waals surface area contributed by atoms with E-state index in [4.69, 9.17) is 10.5 Å². The molecular formula is C15H25N3O2. The first-order chi connectivity index (χ1) is 9.61. The van der Waals surface area contributed by atoms with Gasteiger partial charge in [0.15, 0.2) is 6.61 Å². The maximum Gasteiger partial charge on any atom is 0.257 e. The van der Waals surface area contributed by atoms with Crippen LogP contribution >= 0.6 is 0 Å².